The Bertz CT molecular complexity index is 467. The van der Waals surface area contributed by atoms with E-state index in [2.05, 4.69) is 16.4 Å². The zero-order chi connectivity index (χ0) is 12.3. The molecule has 2 N–H and O–H groups in total. The Morgan fingerprint density at radius 1 is 1.53 bits per heavy atom. The monoisotopic (exact) mass is 231 g/mol. The molecule has 0 saturated heterocycles. The molecule has 0 bridgehead atoms. The van der Waals surface area contributed by atoms with Crippen molar-refractivity contribution in [3.63, 3.8) is 0 Å². The summed E-state index contributed by atoms with van der Waals surface area (Å²) in [7, 11) is 0. The summed E-state index contributed by atoms with van der Waals surface area (Å²) in [5.41, 5.74) is 0.314. The molecule has 0 spiro atoms. The van der Waals surface area contributed by atoms with Crippen molar-refractivity contribution in [1.82, 2.24) is 10.3 Å². The van der Waals surface area contributed by atoms with Crippen LogP contribution >= 0.6 is 0 Å². The number of hydrogen-bond acceptors (Lipinski definition) is 4. The SMILES string of the molecule is N#CC1CCCC1NC(=O)c1cncc(O)c1. The van der Waals surface area contributed by atoms with E-state index in [0.717, 1.165) is 19.3 Å². The van der Waals surface area contributed by atoms with E-state index in [1.807, 2.05) is 0 Å². The largest absolute Gasteiger partial charge is 0.506 e. The molecule has 1 saturated carbocycles. The topological polar surface area (TPSA) is 86.0 Å². The highest BCUT2D eigenvalue weighted by atomic mass is 16.3. The Balaban J connectivity index is 2.05. The second-order valence-electron chi connectivity index (χ2n) is 4.18. The van der Waals surface area contributed by atoms with Crippen LogP contribution in [0.15, 0.2) is 18.5 Å². The highest BCUT2D eigenvalue weighted by Crippen LogP contribution is 2.25. The first-order chi connectivity index (χ1) is 8.20. The maximum atomic E-state index is 11.8. The predicted molar refractivity (Wildman–Crippen MR) is 60.1 cm³/mol. The van der Waals surface area contributed by atoms with Crippen LogP contribution in [-0.2, 0) is 0 Å². The average molecular weight is 231 g/mol. The molecular weight excluding hydrogens is 218 g/mol. The van der Waals surface area contributed by atoms with Crippen molar-refractivity contribution in [2.24, 2.45) is 5.92 Å². The number of hydrogen-bond donors (Lipinski definition) is 2. The van der Waals surface area contributed by atoms with Crippen LogP contribution in [0.25, 0.3) is 0 Å². The number of aromatic hydroxyl groups is 1. The van der Waals surface area contributed by atoms with Crippen LogP contribution < -0.4 is 5.32 Å². The lowest BCUT2D eigenvalue weighted by Crippen LogP contribution is -2.36. The van der Waals surface area contributed by atoms with Crippen molar-refractivity contribution < 1.29 is 9.90 Å². The van der Waals surface area contributed by atoms with Crippen LogP contribution in [0.4, 0.5) is 0 Å². The van der Waals surface area contributed by atoms with Gasteiger partial charge in [-0.2, -0.15) is 5.26 Å². The standard InChI is InChI=1S/C12H13N3O2/c13-5-8-2-1-3-11(8)15-12(17)9-4-10(16)7-14-6-9/h4,6-8,11,16H,1-3H2,(H,15,17). The molecule has 0 aromatic carbocycles. The van der Waals surface area contributed by atoms with E-state index in [-0.39, 0.29) is 23.6 Å². The molecule has 1 aromatic rings. The number of carbonyl (C=O) groups excluding carboxylic acids is 1. The predicted octanol–water partition coefficient (Wildman–Crippen LogP) is 1.21. The molecule has 2 unspecified atom stereocenters. The van der Waals surface area contributed by atoms with Gasteiger partial charge in [-0.1, -0.05) is 0 Å². The lowest BCUT2D eigenvalue weighted by atomic mass is 10.1. The number of nitrogens with zero attached hydrogens (tertiary/aromatic N) is 2. The molecule has 2 rings (SSSR count). The minimum Gasteiger partial charge on any atom is -0.506 e. The Morgan fingerprint density at radius 2 is 2.35 bits per heavy atom. The van der Waals surface area contributed by atoms with Gasteiger partial charge in [0.25, 0.3) is 5.91 Å². The summed E-state index contributed by atoms with van der Waals surface area (Å²) in [6.07, 6.45) is 5.28. The Hall–Kier alpha value is -2.09. The molecule has 0 aliphatic heterocycles. The van der Waals surface area contributed by atoms with Crippen molar-refractivity contribution >= 4 is 5.91 Å². The highest BCUT2D eigenvalue weighted by molar-refractivity contribution is 5.94. The summed E-state index contributed by atoms with van der Waals surface area (Å²) in [4.78, 5) is 15.6. The number of rotatable bonds is 2. The third-order valence-corrected chi connectivity index (χ3v) is 2.98. The van der Waals surface area contributed by atoms with Gasteiger partial charge < -0.3 is 10.4 Å². The average Bonchev–Trinajstić information content (AvgIpc) is 2.76. The van der Waals surface area contributed by atoms with E-state index in [1.165, 1.54) is 18.5 Å². The minimum atomic E-state index is -0.291. The summed E-state index contributed by atoms with van der Waals surface area (Å²) in [6, 6.07) is 3.47. The van der Waals surface area contributed by atoms with Gasteiger partial charge in [-0.3, -0.25) is 9.78 Å². The fourth-order valence-electron chi connectivity index (χ4n) is 2.09. The van der Waals surface area contributed by atoms with Gasteiger partial charge in [0.1, 0.15) is 5.75 Å². The van der Waals surface area contributed by atoms with Crippen LogP contribution in [0.3, 0.4) is 0 Å². The van der Waals surface area contributed by atoms with Crippen molar-refractivity contribution in [3.05, 3.63) is 24.0 Å². The van der Waals surface area contributed by atoms with Crippen molar-refractivity contribution in [3.8, 4) is 11.8 Å². The minimum absolute atomic E-state index is 0.0408. The molecule has 1 fully saturated rings. The van der Waals surface area contributed by atoms with Crippen molar-refractivity contribution in [2.45, 2.75) is 25.3 Å². The molecule has 5 heteroatoms. The third kappa shape index (κ3) is 2.53. The molecule has 1 aliphatic carbocycles. The first kappa shape index (κ1) is 11.4. The second-order valence-corrected chi connectivity index (χ2v) is 4.18. The summed E-state index contributed by atoms with van der Waals surface area (Å²) in [5.74, 6) is -0.439. The maximum absolute atomic E-state index is 11.8. The molecular formula is C12H13N3O2. The third-order valence-electron chi connectivity index (χ3n) is 2.98. The van der Waals surface area contributed by atoms with E-state index in [1.54, 1.807) is 0 Å². The molecule has 5 nitrogen and oxygen atoms in total. The smallest absolute Gasteiger partial charge is 0.253 e. The number of carbonyl (C=O) groups is 1. The number of nitrogens with one attached hydrogen (secondary N) is 1. The van der Waals surface area contributed by atoms with Gasteiger partial charge >= 0.3 is 0 Å². The maximum Gasteiger partial charge on any atom is 0.253 e. The van der Waals surface area contributed by atoms with Gasteiger partial charge in [0.15, 0.2) is 0 Å². The molecule has 0 radical (unpaired) electrons. The van der Waals surface area contributed by atoms with Crippen LogP contribution in [0, 0.1) is 17.2 Å². The van der Waals surface area contributed by atoms with Gasteiger partial charge in [-0.15, -0.1) is 0 Å². The Labute approximate surface area is 99.1 Å². The summed E-state index contributed by atoms with van der Waals surface area (Å²) >= 11 is 0. The molecule has 2 atom stereocenters. The first-order valence-electron chi connectivity index (χ1n) is 5.55. The quantitative estimate of drug-likeness (QED) is 0.801. The number of amides is 1. The lowest BCUT2D eigenvalue weighted by Gasteiger charge is -2.15. The fourth-order valence-corrected chi connectivity index (χ4v) is 2.09. The zero-order valence-corrected chi connectivity index (χ0v) is 9.26. The van der Waals surface area contributed by atoms with Gasteiger partial charge in [0.2, 0.25) is 0 Å². The van der Waals surface area contributed by atoms with Crippen LogP contribution in [0.5, 0.6) is 5.75 Å². The molecule has 1 aromatic heterocycles. The molecule has 1 amide bonds. The van der Waals surface area contributed by atoms with E-state index >= 15 is 0 Å². The van der Waals surface area contributed by atoms with E-state index < -0.39 is 0 Å². The normalized spacial score (nSPS) is 23.0. The number of aromatic nitrogens is 1. The summed E-state index contributed by atoms with van der Waals surface area (Å²) < 4.78 is 0. The van der Waals surface area contributed by atoms with Crippen molar-refractivity contribution in [2.75, 3.05) is 0 Å². The van der Waals surface area contributed by atoms with E-state index in [0.29, 0.717) is 5.56 Å². The van der Waals surface area contributed by atoms with Gasteiger partial charge in [-0.25, -0.2) is 0 Å². The van der Waals surface area contributed by atoms with Crippen LogP contribution in [0.1, 0.15) is 29.6 Å². The van der Waals surface area contributed by atoms with Crippen LogP contribution in [0.2, 0.25) is 0 Å². The van der Waals surface area contributed by atoms with E-state index in [4.69, 9.17) is 5.26 Å². The molecule has 88 valence electrons. The summed E-state index contributed by atoms with van der Waals surface area (Å²) in [5, 5.41) is 20.9. The zero-order valence-electron chi connectivity index (χ0n) is 9.26. The summed E-state index contributed by atoms with van der Waals surface area (Å²) in [6.45, 7) is 0. The second kappa shape index (κ2) is 4.83. The van der Waals surface area contributed by atoms with Crippen LogP contribution in [-0.4, -0.2) is 22.0 Å². The van der Waals surface area contributed by atoms with Gasteiger partial charge in [-0.05, 0) is 25.3 Å². The van der Waals surface area contributed by atoms with Crippen molar-refractivity contribution in [1.29, 1.82) is 5.26 Å². The number of pyridine rings is 1. The van der Waals surface area contributed by atoms with Gasteiger partial charge in [0, 0.05) is 12.2 Å². The highest BCUT2D eigenvalue weighted by Gasteiger charge is 2.28. The van der Waals surface area contributed by atoms with Gasteiger partial charge in [0.05, 0.1) is 23.7 Å². The molecule has 1 heterocycles. The lowest BCUT2D eigenvalue weighted by molar-refractivity contribution is 0.0932. The molecule has 17 heavy (non-hydrogen) atoms. The van der Waals surface area contributed by atoms with E-state index in [9.17, 15) is 9.90 Å². The number of nitriles is 1. The first-order valence-corrected chi connectivity index (χ1v) is 5.55. The molecule has 1 aliphatic rings. The Kier molecular flexibility index (Phi) is 3.24. The fraction of sp³-hybridized carbons (Fsp3) is 0.417. The Morgan fingerprint density at radius 3 is 3.06 bits per heavy atom.